The number of esters is 1. The van der Waals surface area contributed by atoms with Crippen molar-refractivity contribution in [2.45, 2.75) is 20.0 Å². The molecular formula is C13H19NO4. The second-order valence-electron chi connectivity index (χ2n) is 4.05. The van der Waals surface area contributed by atoms with Crippen molar-refractivity contribution in [3.8, 4) is 5.75 Å². The van der Waals surface area contributed by atoms with E-state index < -0.39 is 5.97 Å². The highest BCUT2D eigenvalue weighted by atomic mass is 16.6. The van der Waals surface area contributed by atoms with Crippen molar-refractivity contribution < 1.29 is 19.0 Å². The number of nitrogen functional groups attached to an aromatic ring is 1. The molecule has 0 amide bonds. The predicted molar refractivity (Wildman–Crippen MR) is 68.8 cm³/mol. The van der Waals surface area contributed by atoms with Crippen molar-refractivity contribution in [2.75, 3.05) is 26.1 Å². The molecule has 0 aliphatic carbocycles. The SMILES string of the molecule is COCCOC(=O)c1cc(N)ccc1OC(C)C. The second kappa shape index (κ2) is 6.86. The quantitative estimate of drug-likeness (QED) is 0.476. The number of methoxy groups -OCH3 is 1. The molecule has 1 aromatic rings. The lowest BCUT2D eigenvalue weighted by Crippen LogP contribution is -2.14. The second-order valence-corrected chi connectivity index (χ2v) is 4.05. The molecule has 2 N–H and O–H groups in total. The first-order valence-corrected chi connectivity index (χ1v) is 5.77. The third-order valence-corrected chi connectivity index (χ3v) is 2.11. The molecule has 5 heteroatoms. The molecule has 0 spiro atoms. The van der Waals surface area contributed by atoms with Crippen LogP contribution < -0.4 is 10.5 Å². The number of rotatable bonds is 6. The van der Waals surface area contributed by atoms with Gasteiger partial charge in [-0.15, -0.1) is 0 Å². The minimum Gasteiger partial charge on any atom is -0.490 e. The Bertz CT molecular complexity index is 404. The van der Waals surface area contributed by atoms with Crippen LogP contribution in [0, 0.1) is 0 Å². The van der Waals surface area contributed by atoms with Crippen LogP contribution in [0.15, 0.2) is 18.2 Å². The monoisotopic (exact) mass is 253 g/mol. The molecule has 0 fully saturated rings. The lowest BCUT2D eigenvalue weighted by Gasteiger charge is -2.14. The van der Waals surface area contributed by atoms with E-state index in [-0.39, 0.29) is 12.7 Å². The molecule has 100 valence electrons. The fourth-order valence-electron chi connectivity index (χ4n) is 1.36. The van der Waals surface area contributed by atoms with E-state index in [4.69, 9.17) is 19.9 Å². The summed E-state index contributed by atoms with van der Waals surface area (Å²) in [5.74, 6) is 0.0108. The summed E-state index contributed by atoms with van der Waals surface area (Å²) in [4.78, 5) is 11.9. The predicted octanol–water partition coefficient (Wildman–Crippen LogP) is 1.86. The zero-order valence-corrected chi connectivity index (χ0v) is 10.9. The lowest BCUT2D eigenvalue weighted by atomic mass is 10.2. The third kappa shape index (κ3) is 4.25. The Labute approximate surface area is 107 Å². The number of carbonyl (C=O) groups is 1. The molecule has 0 aromatic heterocycles. The van der Waals surface area contributed by atoms with Gasteiger partial charge in [-0.25, -0.2) is 4.79 Å². The van der Waals surface area contributed by atoms with Crippen molar-refractivity contribution in [1.82, 2.24) is 0 Å². The van der Waals surface area contributed by atoms with Crippen molar-refractivity contribution in [1.29, 1.82) is 0 Å². The number of carbonyl (C=O) groups excluding carboxylic acids is 1. The topological polar surface area (TPSA) is 70.8 Å². The molecule has 1 aromatic carbocycles. The van der Waals surface area contributed by atoms with Gasteiger partial charge in [0.2, 0.25) is 0 Å². The molecular weight excluding hydrogens is 234 g/mol. The van der Waals surface area contributed by atoms with Crippen LogP contribution in [0.3, 0.4) is 0 Å². The number of anilines is 1. The molecule has 1 rings (SSSR count). The summed E-state index contributed by atoms with van der Waals surface area (Å²) >= 11 is 0. The molecule has 5 nitrogen and oxygen atoms in total. The zero-order valence-electron chi connectivity index (χ0n) is 10.9. The molecule has 0 saturated carbocycles. The van der Waals surface area contributed by atoms with E-state index in [2.05, 4.69) is 0 Å². The molecule has 0 heterocycles. The van der Waals surface area contributed by atoms with Crippen LogP contribution in [0.4, 0.5) is 5.69 Å². The fraction of sp³-hybridized carbons (Fsp3) is 0.462. The minimum absolute atomic E-state index is 0.0286. The number of hydrogen-bond acceptors (Lipinski definition) is 5. The average Bonchev–Trinajstić information content (AvgIpc) is 2.31. The lowest BCUT2D eigenvalue weighted by molar-refractivity contribution is 0.0382. The maximum absolute atomic E-state index is 11.9. The molecule has 0 saturated heterocycles. The Hall–Kier alpha value is -1.75. The maximum Gasteiger partial charge on any atom is 0.342 e. The van der Waals surface area contributed by atoms with Gasteiger partial charge >= 0.3 is 5.97 Å². The third-order valence-electron chi connectivity index (χ3n) is 2.11. The van der Waals surface area contributed by atoms with E-state index in [0.717, 1.165) is 0 Å². The van der Waals surface area contributed by atoms with Gasteiger partial charge in [-0.3, -0.25) is 0 Å². The maximum atomic E-state index is 11.9. The highest BCUT2D eigenvalue weighted by molar-refractivity contribution is 5.93. The van der Waals surface area contributed by atoms with E-state index in [9.17, 15) is 4.79 Å². The largest absolute Gasteiger partial charge is 0.490 e. The van der Waals surface area contributed by atoms with E-state index in [1.54, 1.807) is 25.3 Å². The van der Waals surface area contributed by atoms with Crippen molar-refractivity contribution in [3.63, 3.8) is 0 Å². The van der Waals surface area contributed by atoms with E-state index in [0.29, 0.717) is 23.6 Å². The molecule has 0 unspecified atom stereocenters. The first kappa shape index (κ1) is 14.3. The highest BCUT2D eigenvalue weighted by Gasteiger charge is 2.15. The number of benzene rings is 1. The van der Waals surface area contributed by atoms with Gasteiger partial charge in [-0.05, 0) is 32.0 Å². The summed E-state index contributed by atoms with van der Waals surface area (Å²) in [6, 6.07) is 4.90. The van der Waals surface area contributed by atoms with E-state index in [1.165, 1.54) is 0 Å². The number of nitrogens with two attached hydrogens (primary N) is 1. The summed E-state index contributed by atoms with van der Waals surface area (Å²) in [5.41, 5.74) is 6.49. The van der Waals surface area contributed by atoms with E-state index in [1.807, 2.05) is 13.8 Å². The molecule has 0 aliphatic heterocycles. The van der Waals surface area contributed by atoms with Gasteiger partial charge in [0, 0.05) is 12.8 Å². The first-order valence-electron chi connectivity index (χ1n) is 5.77. The van der Waals surface area contributed by atoms with Gasteiger partial charge in [0.05, 0.1) is 12.7 Å². The standard InChI is InChI=1S/C13H19NO4/c1-9(2)18-12-5-4-10(14)8-11(12)13(15)17-7-6-16-3/h4-5,8-9H,6-7,14H2,1-3H3. The van der Waals surface area contributed by atoms with Crippen LogP contribution in [0.5, 0.6) is 5.75 Å². The van der Waals surface area contributed by atoms with Crippen LogP contribution in [0.25, 0.3) is 0 Å². The Kier molecular flexibility index (Phi) is 5.45. The molecule has 0 bridgehead atoms. The summed E-state index contributed by atoms with van der Waals surface area (Å²) in [5, 5.41) is 0. The van der Waals surface area contributed by atoms with Crippen molar-refractivity contribution in [2.24, 2.45) is 0 Å². The van der Waals surface area contributed by atoms with Gasteiger partial charge in [0.25, 0.3) is 0 Å². The Morgan fingerprint density at radius 3 is 2.67 bits per heavy atom. The molecule has 0 radical (unpaired) electrons. The van der Waals surface area contributed by atoms with Gasteiger partial charge in [-0.1, -0.05) is 0 Å². The van der Waals surface area contributed by atoms with Gasteiger partial charge in [0.15, 0.2) is 0 Å². The van der Waals surface area contributed by atoms with Crippen LogP contribution in [0.1, 0.15) is 24.2 Å². The van der Waals surface area contributed by atoms with Crippen LogP contribution in [-0.2, 0) is 9.47 Å². The highest BCUT2D eigenvalue weighted by Crippen LogP contribution is 2.23. The summed E-state index contributed by atoms with van der Waals surface area (Å²) < 4.78 is 15.4. The average molecular weight is 253 g/mol. The number of ether oxygens (including phenoxy) is 3. The Morgan fingerprint density at radius 2 is 2.06 bits per heavy atom. The first-order chi connectivity index (χ1) is 8.54. The Balaban J connectivity index is 2.83. The van der Waals surface area contributed by atoms with Gasteiger partial charge in [-0.2, -0.15) is 0 Å². The van der Waals surface area contributed by atoms with Crippen LogP contribution >= 0.6 is 0 Å². The molecule has 0 aliphatic rings. The Morgan fingerprint density at radius 1 is 1.33 bits per heavy atom. The normalized spacial score (nSPS) is 10.4. The smallest absolute Gasteiger partial charge is 0.342 e. The van der Waals surface area contributed by atoms with Crippen molar-refractivity contribution in [3.05, 3.63) is 23.8 Å². The summed E-state index contributed by atoms with van der Waals surface area (Å²) in [6.07, 6.45) is -0.0286. The van der Waals surface area contributed by atoms with Crippen LogP contribution in [0.2, 0.25) is 0 Å². The van der Waals surface area contributed by atoms with E-state index >= 15 is 0 Å². The number of hydrogen-bond donors (Lipinski definition) is 1. The van der Waals surface area contributed by atoms with Gasteiger partial charge < -0.3 is 19.9 Å². The van der Waals surface area contributed by atoms with Gasteiger partial charge in [0.1, 0.15) is 17.9 Å². The van der Waals surface area contributed by atoms with Crippen LogP contribution in [-0.4, -0.2) is 32.4 Å². The molecule has 0 atom stereocenters. The minimum atomic E-state index is -0.463. The summed E-state index contributed by atoms with van der Waals surface area (Å²) in [7, 11) is 1.54. The fourth-order valence-corrected chi connectivity index (χ4v) is 1.36. The molecule has 18 heavy (non-hydrogen) atoms. The zero-order chi connectivity index (χ0) is 13.5. The van der Waals surface area contributed by atoms with Crippen molar-refractivity contribution >= 4 is 11.7 Å². The summed E-state index contributed by atoms with van der Waals surface area (Å²) in [6.45, 7) is 4.33.